The lowest BCUT2D eigenvalue weighted by Gasteiger charge is -2.22. The lowest BCUT2D eigenvalue weighted by atomic mass is 9.89. The Morgan fingerprint density at radius 2 is 2.00 bits per heavy atom. The Hall–Kier alpha value is -0.960. The molecule has 0 bridgehead atoms. The van der Waals surface area contributed by atoms with E-state index in [0.717, 1.165) is 11.3 Å². The number of aryl methyl sites for hydroxylation is 1. The van der Waals surface area contributed by atoms with Gasteiger partial charge < -0.3 is 10.2 Å². The number of sulfonamides is 1. The van der Waals surface area contributed by atoms with Crippen molar-refractivity contribution in [3.8, 4) is 0 Å². The van der Waals surface area contributed by atoms with Crippen LogP contribution in [0.4, 0.5) is 0 Å². The third-order valence-electron chi connectivity index (χ3n) is 2.74. The van der Waals surface area contributed by atoms with Crippen molar-refractivity contribution in [2.24, 2.45) is 5.41 Å². The fraction of sp³-hybridized carbons (Fsp3) is 0.615. The number of hydrogen-bond acceptors (Lipinski definition) is 5. The van der Waals surface area contributed by atoms with Crippen molar-refractivity contribution in [2.75, 3.05) is 6.54 Å². The molecule has 0 saturated heterocycles. The summed E-state index contributed by atoms with van der Waals surface area (Å²) < 4.78 is 26.7. The van der Waals surface area contributed by atoms with Crippen molar-refractivity contribution in [1.29, 1.82) is 0 Å². The number of aliphatic hydroxyl groups is 1. The van der Waals surface area contributed by atoms with Crippen LogP contribution in [0.15, 0.2) is 10.3 Å². The predicted octanol–water partition coefficient (Wildman–Crippen LogP) is 1.83. The normalized spacial score (nSPS) is 14.1. The molecule has 1 unspecified atom stereocenters. The molecule has 1 rings (SSSR count). The maximum Gasteiger partial charge on any atom is 0.347 e. The van der Waals surface area contributed by atoms with Gasteiger partial charge in [-0.05, 0) is 29.7 Å². The molecule has 0 spiro atoms. The van der Waals surface area contributed by atoms with E-state index in [9.17, 15) is 18.3 Å². The Morgan fingerprint density at radius 3 is 2.48 bits per heavy atom. The standard InChI is InChI=1S/C13H21NO5S2/c1-8-7-20-10(12(16)17)11(8)21(18,19)14-6-9(15)5-13(2,3)4/h7,9,14-15H,5-6H2,1-4H3,(H,16,17). The van der Waals surface area contributed by atoms with E-state index in [1.54, 1.807) is 6.92 Å². The zero-order valence-corrected chi connectivity index (χ0v) is 14.1. The second kappa shape index (κ2) is 6.43. The van der Waals surface area contributed by atoms with E-state index >= 15 is 0 Å². The molecule has 1 atom stereocenters. The van der Waals surface area contributed by atoms with E-state index in [4.69, 9.17) is 5.11 Å². The Labute approximate surface area is 128 Å². The Morgan fingerprint density at radius 1 is 1.43 bits per heavy atom. The van der Waals surface area contributed by atoms with Gasteiger partial charge in [-0.15, -0.1) is 11.3 Å². The molecule has 6 nitrogen and oxygen atoms in total. The molecule has 0 radical (unpaired) electrons. The lowest BCUT2D eigenvalue weighted by Crippen LogP contribution is -2.34. The number of carbonyl (C=O) groups is 1. The van der Waals surface area contributed by atoms with Gasteiger partial charge in [0.15, 0.2) is 0 Å². The summed E-state index contributed by atoms with van der Waals surface area (Å²) in [6.45, 7) is 7.22. The van der Waals surface area contributed by atoms with Crippen molar-refractivity contribution in [2.45, 2.75) is 45.1 Å². The van der Waals surface area contributed by atoms with Crippen LogP contribution in [-0.2, 0) is 10.0 Å². The van der Waals surface area contributed by atoms with Crippen LogP contribution in [0.25, 0.3) is 0 Å². The molecule has 21 heavy (non-hydrogen) atoms. The highest BCUT2D eigenvalue weighted by molar-refractivity contribution is 7.89. The minimum absolute atomic E-state index is 0.130. The largest absolute Gasteiger partial charge is 0.477 e. The van der Waals surface area contributed by atoms with Crippen LogP contribution in [0, 0.1) is 12.3 Å². The third-order valence-corrected chi connectivity index (χ3v) is 5.56. The topological polar surface area (TPSA) is 104 Å². The first-order chi connectivity index (χ1) is 9.44. The molecular formula is C13H21NO5S2. The van der Waals surface area contributed by atoms with Crippen molar-refractivity contribution >= 4 is 27.3 Å². The van der Waals surface area contributed by atoms with Gasteiger partial charge in [-0.2, -0.15) is 0 Å². The van der Waals surface area contributed by atoms with Crippen LogP contribution >= 0.6 is 11.3 Å². The third kappa shape index (κ3) is 5.06. The number of aromatic carboxylic acids is 1. The molecule has 0 amide bonds. The monoisotopic (exact) mass is 335 g/mol. The number of hydrogen-bond donors (Lipinski definition) is 3. The molecule has 0 aromatic carbocycles. The van der Waals surface area contributed by atoms with Crippen LogP contribution in [0.3, 0.4) is 0 Å². The molecule has 1 aromatic rings. The van der Waals surface area contributed by atoms with Crippen molar-refractivity contribution in [3.63, 3.8) is 0 Å². The fourth-order valence-corrected chi connectivity index (χ4v) is 4.67. The second-order valence-electron chi connectivity index (χ2n) is 6.15. The number of carboxylic acid groups (broad SMARTS) is 1. The number of aliphatic hydroxyl groups excluding tert-OH is 1. The highest BCUT2D eigenvalue weighted by Crippen LogP contribution is 2.27. The van der Waals surface area contributed by atoms with E-state index < -0.39 is 22.1 Å². The zero-order valence-electron chi connectivity index (χ0n) is 12.5. The van der Waals surface area contributed by atoms with Crippen LogP contribution in [0.2, 0.25) is 0 Å². The molecule has 3 N–H and O–H groups in total. The lowest BCUT2D eigenvalue weighted by molar-refractivity contribution is 0.0698. The average molecular weight is 335 g/mol. The number of rotatable bonds is 6. The summed E-state index contributed by atoms with van der Waals surface area (Å²) in [7, 11) is -3.95. The van der Waals surface area contributed by atoms with Crippen LogP contribution < -0.4 is 4.72 Å². The van der Waals surface area contributed by atoms with Crippen LogP contribution in [0.1, 0.15) is 42.4 Å². The van der Waals surface area contributed by atoms with Crippen molar-refractivity contribution in [1.82, 2.24) is 4.72 Å². The SMILES string of the molecule is Cc1csc(C(=O)O)c1S(=O)(=O)NCC(O)CC(C)(C)C. The van der Waals surface area contributed by atoms with Gasteiger partial charge in [0.2, 0.25) is 10.0 Å². The summed E-state index contributed by atoms with van der Waals surface area (Å²) in [5.74, 6) is -1.27. The summed E-state index contributed by atoms with van der Waals surface area (Å²) in [4.78, 5) is 10.6. The minimum atomic E-state index is -3.95. The van der Waals surface area contributed by atoms with Crippen LogP contribution in [-0.4, -0.2) is 37.2 Å². The van der Waals surface area contributed by atoms with Crippen LogP contribution in [0.5, 0.6) is 0 Å². The fourth-order valence-electron chi connectivity index (χ4n) is 1.97. The van der Waals surface area contributed by atoms with Gasteiger partial charge in [0.1, 0.15) is 9.77 Å². The summed E-state index contributed by atoms with van der Waals surface area (Å²) >= 11 is 0.874. The Kier molecular flexibility index (Phi) is 5.54. The first-order valence-corrected chi connectivity index (χ1v) is 8.79. The quantitative estimate of drug-likeness (QED) is 0.736. The van der Waals surface area contributed by atoms with Gasteiger partial charge in [0.05, 0.1) is 6.10 Å². The molecule has 120 valence electrons. The van der Waals surface area contributed by atoms with Gasteiger partial charge in [-0.25, -0.2) is 17.9 Å². The summed E-state index contributed by atoms with van der Waals surface area (Å²) in [6, 6.07) is 0. The highest BCUT2D eigenvalue weighted by atomic mass is 32.2. The van der Waals surface area contributed by atoms with E-state index in [1.807, 2.05) is 20.8 Å². The molecular weight excluding hydrogens is 314 g/mol. The second-order valence-corrected chi connectivity index (χ2v) is 8.74. The van der Waals surface area contributed by atoms with Gasteiger partial charge in [0.25, 0.3) is 0 Å². The van der Waals surface area contributed by atoms with Crippen molar-refractivity contribution < 1.29 is 23.4 Å². The van der Waals surface area contributed by atoms with Gasteiger partial charge in [-0.3, -0.25) is 0 Å². The predicted molar refractivity (Wildman–Crippen MR) is 81.3 cm³/mol. The highest BCUT2D eigenvalue weighted by Gasteiger charge is 2.27. The molecule has 0 aliphatic carbocycles. The van der Waals surface area contributed by atoms with E-state index in [-0.39, 0.29) is 21.7 Å². The maximum atomic E-state index is 12.2. The maximum absolute atomic E-state index is 12.2. The summed E-state index contributed by atoms with van der Waals surface area (Å²) in [5.41, 5.74) is 0.255. The molecule has 1 aromatic heterocycles. The van der Waals surface area contributed by atoms with E-state index in [0.29, 0.717) is 12.0 Å². The van der Waals surface area contributed by atoms with E-state index in [1.165, 1.54) is 5.38 Å². The zero-order chi connectivity index (χ0) is 16.4. The summed E-state index contributed by atoms with van der Waals surface area (Å²) in [6.07, 6.45) is -0.392. The molecule has 0 aliphatic rings. The Bertz CT molecular complexity index is 613. The molecule has 1 heterocycles. The summed E-state index contributed by atoms with van der Waals surface area (Å²) in [5, 5.41) is 20.4. The molecule has 8 heteroatoms. The minimum Gasteiger partial charge on any atom is -0.477 e. The van der Waals surface area contributed by atoms with Gasteiger partial charge >= 0.3 is 5.97 Å². The van der Waals surface area contributed by atoms with Crippen molar-refractivity contribution in [3.05, 3.63) is 15.8 Å². The smallest absolute Gasteiger partial charge is 0.347 e. The first kappa shape index (κ1) is 18.1. The molecule has 0 fully saturated rings. The molecule has 0 saturated carbocycles. The number of nitrogens with one attached hydrogen (secondary N) is 1. The average Bonchev–Trinajstić information content (AvgIpc) is 2.67. The number of thiophene rings is 1. The van der Waals surface area contributed by atoms with Gasteiger partial charge in [-0.1, -0.05) is 20.8 Å². The van der Waals surface area contributed by atoms with Gasteiger partial charge in [0, 0.05) is 6.54 Å². The number of carboxylic acids is 1. The Balaban J connectivity index is 2.89. The van der Waals surface area contributed by atoms with E-state index in [2.05, 4.69) is 4.72 Å². The molecule has 0 aliphatic heterocycles. The first-order valence-electron chi connectivity index (χ1n) is 6.43.